The highest BCUT2D eigenvalue weighted by Gasteiger charge is 2.07. The third-order valence-electron chi connectivity index (χ3n) is 2.72. The number of ether oxygens (including phenoxy) is 1. The summed E-state index contributed by atoms with van der Waals surface area (Å²) in [6.45, 7) is 4.38. The molecule has 2 aromatic rings. The maximum absolute atomic E-state index is 13.8. The van der Waals surface area contributed by atoms with Crippen LogP contribution in [0.5, 0.6) is 5.88 Å². The number of pyridine rings is 1. The van der Waals surface area contributed by atoms with Gasteiger partial charge in [-0.3, -0.25) is 0 Å². The fraction of sp³-hybridized carbons (Fsp3) is 0.267. The summed E-state index contributed by atoms with van der Waals surface area (Å²) in [5.74, 6) is 0.539. The minimum Gasteiger partial charge on any atom is -0.476 e. The van der Waals surface area contributed by atoms with Gasteiger partial charge in [0.2, 0.25) is 5.88 Å². The summed E-state index contributed by atoms with van der Waals surface area (Å²) in [5.41, 5.74) is 7.49. The molecule has 0 radical (unpaired) electrons. The van der Waals surface area contributed by atoms with Gasteiger partial charge in [-0.1, -0.05) is 13.0 Å². The maximum atomic E-state index is 13.8. The largest absolute Gasteiger partial charge is 0.476 e. The standard InChI is InChI=1S/C15H18FN3O/c1-3-8-20-15-12(17)5-7-14(19-15)18-13-6-4-10(2)9-11(13)16/h4-7,9H,3,8,17H2,1-2H3,(H,18,19). The first kappa shape index (κ1) is 14.1. The Morgan fingerprint density at radius 3 is 2.80 bits per heavy atom. The number of anilines is 3. The van der Waals surface area contributed by atoms with E-state index in [1.807, 2.05) is 19.9 Å². The van der Waals surface area contributed by atoms with Crippen molar-refractivity contribution in [3.8, 4) is 5.88 Å². The van der Waals surface area contributed by atoms with Crippen molar-refractivity contribution in [2.24, 2.45) is 0 Å². The Labute approximate surface area is 117 Å². The lowest BCUT2D eigenvalue weighted by atomic mass is 10.2. The number of nitrogens with one attached hydrogen (secondary N) is 1. The van der Waals surface area contributed by atoms with E-state index in [1.165, 1.54) is 6.07 Å². The molecule has 0 amide bonds. The van der Waals surface area contributed by atoms with Crippen LogP contribution in [0.3, 0.4) is 0 Å². The van der Waals surface area contributed by atoms with E-state index in [0.717, 1.165) is 12.0 Å². The molecule has 0 fully saturated rings. The molecule has 1 aromatic carbocycles. The Balaban J connectivity index is 2.20. The summed E-state index contributed by atoms with van der Waals surface area (Å²) in [7, 11) is 0. The summed E-state index contributed by atoms with van der Waals surface area (Å²) in [6.07, 6.45) is 0.866. The minimum atomic E-state index is -0.320. The lowest BCUT2D eigenvalue weighted by Crippen LogP contribution is -2.04. The Morgan fingerprint density at radius 1 is 1.30 bits per heavy atom. The van der Waals surface area contributed by atoms with E-state index in [2.05, 4.69) is 10.3 Å². The molecule has 0 saturated heterocycles. The normalized spacial score (nSPS) is 10.3. The number of hydrogen-bond acceptors (Lipinski definition) is 4. The molecule has 0 spiro atoms. The zero-order chi connectivity index (χ0) is 14.5. The molecule has 0 atom stereocenters. The Kier molecular flexibility index (Phi) is 4.40. The minimum absolute atomic E-state index is 0.320. The summed E-state index contributed by atoms with van der Waals surface area (Å²) >= 11 is 0. The molecule has 106 valence electrons. The number of nitrogens with two attached hydrogens (primary N) is 1. The SMILES string of the molecule is CCCOc1nc(Nc2ccc(C)cc2F)ccc1N. The van der Waals surface area contributed by atoms with Gasteiger partial charge in [-0.05, 0) is 43.2 Å². The smallest absolute Gasteiger partial charge is 0.239 e. The molecule has 0 aliphatic carbocycles. The number of hydrogen-bond donors (Lipinski definition) is 2. The fourth-order valence-electron chi connectivity index (χ4n) is 1.69. The monoisotopic (exact) mass is 275 g/mol. The van der Waals surface area contributed by atoms with Crippen molar-refractivity contribution in [1.82, 2.24) is 4.98 Å². The van der Waals surface area contributed by atoms with Crippen LogP contribution < -0.4 is 15.8 Å². The summed E-state index contributed by atoms with van der Waals surface area (Å²) in [5, 5.41) is 2.92. The Bertz CT molecular complexity index is 602. The lowest BCUT2D eigenvalue weighted by molar-refractivity contribution is 0.307. The molecule has 4 nitrogen and oxygen atoms in total. The molecule has 1 heterocycles. The van der Waals surface area contributed by atoms with Crippen molar-refractivity contribution in [3.63, 3.8) is 0 Å². The topological polar surface area (TPSA) is 60.2 Å². The van der Waals surface area contributed by atoms with Crippen molar-refractivity contribution in [2.75, 3.05) is 17.7 Å². The van der Waals surface area contributed by atoms with Gasteiger partial charge in [0, 0.05) is 0 Å². The van der Waals surface area contributed by atoms with Gasteiger partial charge in [0.15, 0.2) is 0 Å². The van der Waals surface area contributed by atoms with E-state index >= 15 is 0 Å². The van der Waals surface area contributed by atoms with Crippen LogP contribution in [0.1, 0.15) is 18.9 Å². The van der Waals surface area contributed by atoms with E-state index in [-0.39, 0.29) is 5.82 Å². The first-order chi connectivity index (χ1) is 9.60. The second-order valence-corrected chi connectivity index (χ2v) is 4.55. The average Bonchev–Trinajstić information content (AvgIpc) is 2.42. The second-order valence-electron chi connectivity index (χ2n) is 4.55. The van der Waals surface area contributed by atoms with Crippen LogP contribution >= 0.6 is 0 Å². The van der Waals surface area contributed by atoms with Crippen molar-refractivity contribution in [3.05, 3.63) is 41.7 Å². The zero-order valence-electron chi connectivity index (χ0n) is 11.6. The van der Waals surface area contributed by atoms with Crippen LogP contribution in [0.15, 0.2) is 30.3 Å². The van der Waals surface area contributed by atoms with Crippen molar-refractivity contribution >= 4 is 17.2 Å². The van der Waals surface area contributed by atoms with E-state index in [9.17, 15) is 4.39 Å². The van der Waals surface area contributed by atoms with Crippen LogP contribution in [0.25, 0.3) is 0 Å². The van der Waals surface area contributed by atoms with Crippen LogP contribution in [0, 0.1) is 12.7 Å². The number of aromatic nitrogens is 1. The number of nitrogens with zero attached hydrogens (tertiary/aromatic N) is 1. The highest BCUT2D eigenvalue weighted by atomic mass is 19.1. The van der Waals surface area contributed by atoms with E-state index in [0.29, 0.717) is 29.7 Å². The van der Waals surface area contributed by atoms with Gasteiger partial charge < -0.3 is 15.8 Å². The van der Waals surface area contributed by atoms with E-state index in [1.54, 1.807) is 18.2 Å². The third-order valence-corrected chi connectivity index (χ3v) is 2.72. The Morgan fingerprint density at radius 2 is 2.10 bits per heavy atom. The molecule has 0 unspecified atom stereocenters. The molecule has 0 saturated carbocycles. The number of nitrogen functional groups attached to an aromatic ring is 1. The zero-order valence-corrected chi connectivity index (χ0v) is 11.6. The van der Waals surface area contributed by atoms with Gasteiger partial charge in [0.05, 0.1) is 18.0 Å². The Hall–Kier alpha value is -2.30. The molecule has 0 bridgehead atoms. The number of rotatable bonds is 5. The molecule has 0 aliphatic heterocycles. The lowest BCUT2D eigenvalue weighted by Gasteiger charge is -2.11. The maximum Gasteiger partial charge on any atom is 0.239 e. The summed E-state index contributed by atoms with van der Waals surface area (Å²) < 4.78 is 19.2. The van der Waals surface area contributed by atoms with Gasteiger partial charge >= 0.3 is 0 Å². The average molecular weight is 275 g/mol. The van der Waals surface area contributed by atoms with Gasteiger partial charge in [0.1, 0.15) is 11.6 Å². The first-order valence-electron chi connectivity index (χ1n) is 6.52. The third kappa shape index (κ3) is 3.38. The van der Waals surface area contributed by atoms with Crippen LogP contribution in [-0.2, 0) is 0 Å². The van der Waals surface area contributed by atoms with E-state index < -0.39 is 0 Å². The quantitative estimate of drug-likeness (QED) is 0.874. The van der Waals surface area contributed by atoms with Gasteiger partial charge in [-0.25, -0.2) is 4.39 Å². The van der Waals surface area contributed by atoms with Crippen LogP contribution in [0.2, 0.25) is 0 Å². The van der Waals surface area contributed by atoms with E-state index in [4.69, 9.17) is 10.5 Å². The van der Waals surface area contributed by atoms with Crippen LogP contribution in [0.4, 0.5) is 21.6 Å². The van der Waals surface area contributed by atoms with Gasteiger partial charge in [-0.2, -0.15) is 4.98 Å². The predicted octanol–water partition coefficient (Wildman–Crippen LogP) is 3.64. The van der Waals surface area contributed by atoms with Gasteiger partial charge in [-0.15, -0.1) is 0 Å². The molecular weight excluding hydrogens is 257 g/mol. The number of benzene rings is 1. The first-order valence-corrected chi connectivity index (χ1v) is 6.52. The highest BCUT2D eigenvalue weighted by molar-refractivity contribution is 5.61. The fourth-order valence-corrected chi connectivity index (χ4v) is 1.69. The summed E-state index contributed by atoms with van der Waals surface area (Å²) in [4.78, 5) is 4.24. The highest BCUT2D eigenvalue weighted by Crippen LogP contribution is 2.24. The molecule has 1 aromatic heterocycles. The molecule has 0 aliphatic rings. The number of halogens is 1. The molecule has 20 heavy (non-hydrogen) atoms. The second kappa shape index (κ2) is 6.23. The molecule has 3 N–H and O–H groups in total. The summed E-state index contributed by atoms with van der Waals surface area (Å²) in [6, 6.07) is 8.35. The van der Waals surface area contributed by atoms with Crippen LogP contribution in [-0.4, -0.2) is 11.6 Å². The predicted molar refractivity (Wildman–Crippen MR) is 78.9 cm³/mol. The van der Waals surface area contributed by atoms with Crippen molar-refractivity contribution < 1.29 is 9.13 Å². The van der Waals surface area contributed by atoms with Gasteiger partial charge in [0.25, 0.3) is 0 Å². The molecule has 2 rings (SSSR count). The number of aryl methyl sites for hydroxylation is 1. The van der Waals surface area contributed by atoms with Crippen molar-refractivity contribution in [1.29, 1.82) is 0 Å². The van der Waals surface area contributed by atoms with Crippen molar-refractivity contribution in [2.45, 2.75) is 20.3 Å². The molecule has 5 heteroatoms. The molecular formula is C15H18FN3O.